The van der Waals surface area contributed by atoms with Crippen LogP contribution in [0.25, 0.3) is 0 Å². The standard InChI is InChI=1S/C18H23NO4/c1-23-11-12-5-4-7-14(9-12)17(20)19-15-8-3-2-6-13(15)10-16(19)18(21)22/h4-5,7,9,13,15-16H,2-3,6,8,10-11H2,1H3,(H,21,22)/t13-,15+,16-/m0/s1. The van der Waals surface area contributed by atoms with Crippen molar-refractivity contribution in [2.45, 2.75) is 50.8 Å². The number of carbonyl (C=O) groups is 2. The number of hydrogen-bond donors (Lipinski definition) is 1. The summed E-state index contributed by atoms with van der Waals surface area (Å²) in [6, 6.07) is 6.68. The third-order valence-electron chi connectivity index (χ3n) is 5.09. The van der Waals surface area contributed by atoms with Crippen molar-refractivity contribution >= 4 is 11.9 Å². The van der Waals surface area contributed by atoms with E-state index in [0.29, 0.717) is 24.5 Å². The Hall–Kier alpha value is -1.88. The Morgan fingerprint density at radius 3 is 2.83 bits per heavy atom. The van der Waals surface area contributed by atoms with Gasteiger partial charge in [-0.15, -0.1) is 0 Å². The molecular formula is C18H23NO4. The zero-order valence-corrected chi connectivity index (χ0v) is 13.4. The van der Waals surface area contributed by atoms with Crippen LogP contribution in [0.2, 0.25) is 0 Å². The average Bonchev–Trinajstić information content (AvgIpc) is 2.94. The number of methoxy groups -OCH3 is 1. The van der Waals surface area contributed by atoms with Gasteiger partial charge < -0.3 is 14.7 Å². The van der Waals surface area contributed by atoms with Gasteiger partial charge in [0.05, 0.1) is 6.61 Å². The van der Waals surface area contributed by atoms with Crippen LogP contribution in [0, 0.1) is 5.92 Å². The zero-order valence-electron chi connectivity index (χ0n) is 13.4. The lowest BCUT2D eigenvalue weighted by Crippen LogP contribution is -2.46. The quantitative estimate of drug-likeness (QED) is 0.927. The second-order valence-corrected chi connectivity index (χ2v) is 6.55. The van der Waals surface area contributed by atoms with E-state index in [0.717, 1.165) is 31.2 Å². The van der Waals surface area contributed by atoms with Gasteiger partial charge in [0, 0.05) is 18.7 Å². The summed E-state index contributed by atoms with van der Waals surface area (Å²) in [5.74, 6) is -0.721. The molecule has 3 rings (SSSR count). The third kappa shape index (κ3) is 3.11. The number of benzene rings is 1. The molecule has 124 valence electrons. The molecule has 1 aromatic rings. The summed E-state index contributed by atoms with van der Waals surface area (Å²) in [6.07, 6.45) is 4.74. The van der Waals surface area contributed by atoms with Gasteiger partial charge in [-0.2, -0.15) is 0 Å². The molecule has 1 N–H and O–H groups in total. The largest absolute Gasteiger partial charge is 0.480 e. The van der Waals surface area contributed by atoms with Gasteiger partial charge in [-0.25, -0.2) is 4.79 Å². The first-order chi connectivity index (χ1) is 11.1. The molecule has 5 heteroatoms. The molecule has 2 aliphatic rings. The van der Waals surface area contributed by atoms with Gasteiger partial charge in [0.1, 0.15) is 6.04 Å². The molecule has 0 spiro atoms. The monoisotopic (exact) mass is 317 g/mol. The fourth-order valence-electron chi connectivity index (χ4n) is 4.08. The second-order valence-electron chi connectivity index (χ2n) is 6.55. The molecule has 5 nitrogen and oxygen atoms in total. The van der Waals surface area contributed by atoms with Crippen molar-refractivity contribution in [1.82, 2.24) is 4.90 Å². The number of amides is 1. The summed E-state index contributed by atoms with van der Waals surface area (Å²) in [4.78, 5) is 26.3. The molecule has 1 saturated heterocycles. The molecule has 0 radical (unpaired) electrons. The van der Waals surface area contributed by atoms with Crippen molar-refractivity contribution in [1.29, 1.82) is 0 Å². The molecule has 1 aliphatic carbocycles. The molecule has 1 aromatic carbocycles. The summed E-state index contributed by atoms with van der Waals surface area (Å²) < 4.78 is 5.11. The van der Waals surface area contributed by atoms with E-state index in [-0.39, 0.29) is 11.9 Å². The summed E-state index contributed by atoms with van der Waals surface area (Å²) in [5, 5.41) is 9.55. The van der Waals surface area contributed by atoms with E-state index in [1.807, 2.05) is 12.1 Å². The van der Waals surface area contributed by atoms with Crippen molar-refractivity contribution in [3.05, 3.63) is 35.4 Å². The van der Waals surface area contributed by atoms with Crippen LogP contribution in [0.15, 0.2) is 24.3 Å². The zero-order chi connectivity index (χ0) is 16.4. The summed E-state index contributed by atoms with van der Waals surface area (Å²) in [5.41, 5.74) is 1.47. The van der Waals surface area contributed by atoms with E-state index in [1.54, 1.807) is 24.1 Å². The van der Waals surface area contributed by atoms with Gasteiger partial charge in [0.15, 0.2) is 0 Å². The lowest BCUT2D eigenvalue weighted by Gasteiger charge is -2.33. The number of ether oxygens (including phenoxy) is 1. The lowest BCUT2D eigenvalue weighted by atomic mass is 9.84. The molecule has 1 amide bonds. The molecule has 3 atom stereocenters. The number of hydrogen-bond acceptors (Lipinski definition) is 3. The number of carboxylic acid groups (broad SMARTS) is 1. The Labute approximate surface area is 136 Å². The molecule has 2 fully saturated rings. The number of carboxylic acids is 1. The fourth-order valence-corrected chi connectivity index (χ4v) is 4.08. The Balaban J connectivity index is 1.89. The van der Waals surface area contributed by atoms with Crippen LogP contribution in [-0.4, -0.2) is 41.1 Å². The van der Waals surface area contributed by atoms with Crippen LogP contribution in [0.5, 0.6) is 0 Å². The maximum Gasteiger partial charge on any atom is 0.326 e. The highest BCUT2D eigenvalue weighted by molar-refractivity contribution is 5.97. The Kier molecular flexibility index (Phi) is 4.66. The predicted molar refractivity (Wildman–Crippen MR) is 85.1 cm³/mol. The SMILES string of the molecule is COCc1cccc(C(=O)N2[C@@H]3CCCC[C@H]3C[C@H]2C(=O)O)c1. The van der Waals surface area contributed by atoms with Crippen LogP contribution in [-0.2, 0) is 16.1 Å². The summed E-state index contributed by atoms with van der Waals surface area (Å²) in [6.45, 7) is 0.440. The van der Waals surface area contributed by atoms with Crippen molar-refractivity contribution < 1.29 is 19.4 Å². The first kappa shape index (κ1) is 16.0. The fraction of sp³-hybridized carbons (Fsp3) is 0.556. The smallest absolute Gasteiger partial charge is 0.326 e. The van der Waals surface area contributed by atoms with E-state index >= 15 is 0 Å². The summed E-state index contributed by atoms with van der Waals surface area (Å²) in [7, 11) is 1.61. The Bertz CT molecular complexity index is 600. The van der Waals surface area contributed by atoms with Crippen LogP contribution < -0.4 is 0 Å². The van der Waals surface area contributed by atoms with E-state index in [2.05, 4.69) is 0 Å². The van der Waals surface area contributed by atoms with E-state index in [9.17, 15) is 14.7 Å². The van der Waals surface area contributed by atoms with Crippen LogP contribution in [0.3, 0.4) is 0 Å². The molecule has 23 heavy (non-hydrogen) atoms. The first-order valence-electron chi connectivity index (χ1n) is 8.25. The molecule has 1 heterocycles. The average molecular weight is 317 g/mol. The number of nitrogens with zero attached hydrogens (tertiary/aromatic N) is 1. The predicted octanol–water partition coefficient (Wildman–Crippen LogP) is 2.69. The molecule has 0 unspecified atom stereocenters. The molecule has 0 aromatic heterocycles. The Morgan fingerprint density at radius 1 is 1.30 bits per heavy atom. The number of carbonyl (C=O) groups excluding carboxylic acids is 1. The maximum atomic E-state index is 13.0. The van der Waals surface area contributed by atoms with Crippen molar-refractivity contribution in [2.24, 2.45) is 5.92 Å². The number of likely N-dealkylation sites (tertiary alicyclic amines) is 1. The number of fused-ring (bicyclic) bond motifs is 1. The first-order valence-corrected chi connectivity index (χ1v) is 8.25. The van der Waals surface area contributed by atoms with E-state index in [4.69, 9.17) is 4.74 Å². The molecule has 0 bridgehead atoms. The van der Waals surface area contributed by atoms with Crippen LogP contribution in [0.1, 0.15) is 48.0 Å². The minimum atomic E-state index is -0.888. The van der Waals surface area contributed by atoms with Crippen molar-refractivity contribution in [2.75, 3.05) is 7.11 Å². The van der Waals surface area contributed by atoms with Crippen LogP contribution >= 0.6 is 0 Å². The van der Waals surface area contributed by atoms with Crippen molar-refractivity contribution in [3.63, 3.8) is 0 Å². The minimum Gasteiger partial charge on any atom is -0.480 e. The highest BCUT2D eigenvalue weighted by Gasteiger charge is 2.47. The normalized spacial score (nSPS) is 26.8. The van der Waals surface area contributed by atoms with E-state index < -0.39 is 12.0 Å². The minimum absolute atomic E-state index is 0.0726. The maximum absolute atomic E-state index is 13.0. The molecule has 1 saturated carbocycles. The topological polar surface area (TPSA) is 66.8 Å². The van der Waals surface area contributed by atoms with Gasteiger partial charge >= 0.3 is 5.97 Å². The Morgan fingerprint density at radius 2 is 2.09 bits per heavy atom. The van der Waals surface area contributed by atoms with Gasteiger partial charge in [-0.05, 0) is 42.9 Å². The second kappa shape index (κ2) is 6.71. The van der Waals surface area contributed by atoms with Crippen molar-refractivity contribution in [3.8, 4) is 0 Å². The van der Waals surface area contributed by atoms with Crippen LogP contribution in [0.4, 0.5) is 0 Å². The highest BCUT2D eigenvalue weighted by atomic mass is 16.5. The third-order valence-corrected chi connectivity index (χ3v) is 5.09. The number of aliphatic carboxylic acids is 1. The molecular weight excluding hydrogens is 294 g/mol. The van der Waals surface area contributed by atoms with Gasteiger partial charge in [-0.3, -0.25) is 4.79 Å². The highest BCUT2D eigenvalue weighted by Crippen LogP contribution is 2.40. The summed E-state index contributed by atoms with van der Waals surface area (Å²) >= 11 is 0. The lowest BCUT2D eigenvalue weighted by molar-refractivity contribution is -0.141. The number of rotatable bonds is 4. The molecule has 1 aliphatic heterocycles. The van der Waals surface area contributed by atoms with Gasteiger partial charge in [-0.1, -0.05) is 25.0 Å². The van der Waals surface area contributed by atoms with Gasteiger partial charge in [0.25, 0.3) is 5.91 Å². The van der Waals surface area contributed by atoms with Gasteiger partial charge in [0.2, 0.25) is 0 Å². The van der Waals surface area contributed by atoms with E-state index in [1.165, 1.54) is 0 Å².